The largest absolute Gasteiger partial charge is 0.392 e. The minimum atomic E-state index is -0.0837. The highest BCUT2D eigenvalue weighted by Crippen LogP contribution is 2.27. The lowest BCUT2D eigenvalue weighted by atomic mass is 9.92. The van der Waals surface area contributed by atoms with Crippen LogP contribution in [-0.4, -0.2) is 23.3 Å². The molecule has 2 heteroatoms. The van der Waals surface area contributed by atoms with E-state index < -0.39 is 0 Å². The summed E-state index contributed by atoms with van der Waals surface area (Å²) in [6.45, 7) is 2.33. The molecule has 0 saturated heterocycles. The minimum absolute atomic E-state index is 0.0837. The third kappa shape index (κ3) is 2.48. The van der Waals surface area contributed by atoms with Crippen LogP contribution >= 0.6 is 0 Å². The van der Waals surface area contributed by atoms with Gasteiger partial charge in [0.05, 0.1) is 6.10 Å². The molecule has 82 valence electrons. The first kappa shape index (κ1) is 10.4. The molecule has 2 nitrogen and oxygen atoms in total. The zero-order valence-corrected chi connectivity index (χ0v) is 9.21. The van der Waals surface area contributed by atoms with Gasteiger partial charge in [0.2, 0.25) is 0 Å². The van der Waals surface area contributed by atoms with Gasteiger partial charge in [-0.05, 0) is 38.0 Å². The van der Waals surface area contributed by atoms with E-state index in [1.165, 1.54) is 38.5 Å². The van der Waals surface area contributed by atoms with Gasteiger partial charge in [-0.3, -0.25) is 0 Å². The van der Waals surface area contributed by atoms with Crippen molar-refractivity contribution in [3.63, 3.8) is 0 Å². The van der Waals surface area contributed by atoms with Crippen molar-refractivity contribution in [3.05, 3.63) is 0 Å². The summed E-state index contributed by atoms with van der Waals surface area (Å²) in [5.74, 6) is 0.883. The molecule has 2 rings (SSSR count). The molecule has 0 radical (unpaired) electrons. The van der Waals surface area contributed by atoms with Gasteiger partial charge in [-0.2, -0.15) is 0 Å². The fourth-order valence-electron chi connectivity index (χ4n) is 2.97. The highest BCUT2D eigenvalue weighted by atomic mass is 16.3. The zero-order chi connectivity index (χ0) is 9.97. The van der Waals surface area contributed by atoms with E-state index >= 15 is 0 Å². The van der Waals surface area contributed by atoms with Crippen molar-refractivity contribution < 1.29 is 5.11 Å². The van der Waals surface area contributed by atoms with Crippen molar-refractivity contribution in [2.45, 2.75) is 70.1 Å². The molecule has 2 aliphatic carbocycles. The Hall–Kier alpha value is -0.0800. The van der Waals surface area contributed by atoms with Crippen LogP contribution in [0.1, 0.15) is 51.9 Å². The van der Waals surface area contributed by atoms with Crippen molar-refractivity contribution in [1.82, 2.24) is 5.32 Å². The van der Waals surface area contributed by atoms with Gasteiger partial charge in [0.15, 0.2) is 0 Å². The summed E-state index contributed by atoms with van der Waals surface area (Å²) in [7, 11) is 0. The molecule has 0 amide bonds. The van der Waals surface area contributed by atoms with Crippen molar-refractivity contribution in [1.29, 1.82) is 0 Å². The Morgan fingerprint density at radius 1 is 1.07 bits per heavy atom. The number of hydrogen-bond donors (Lipinski definition) is 2. The number of rotatable bonds is 2. The van der Waals surface area contributed by atoms with E-state index in [4.69, 9.17) is 0 Å². The summed E-state index contributed by atoms with van der Waals surface area (Å²) < 4.78 is 0. The maximum Gasteiger partial charge on any atom is 0.0693 e. The highest BCUT2D eigenvalue weighted by Gasteiger charge is 2.28. The molecule has 2 aliphatic rings. The normalized spacial score (nSPS) is 44.1. The topological polar surface area (TPSA) is 32.3 Å². The minimum Gasteiger partial charge on any atom is -0.392 e. The molecule has 0 aromatic carbocycles. The lowest BCUT2D eigenvalue weighted by Crippen LogP contribution is -2.46. The van der Waals surface area contributed by atoms with Crippen molar-refractivity contribution in [2.75, 3.05) is 0 Å². The molecule has 0 bridgehead atoms. The number of aliphatic hydroxyl groups excluding tert-OH is 1. The Morgan fingerprint density at radius 3 is 2.50 bits per heavy atom. The van der Waals surface area contributed by atoms with E-state index in [0.717, 1.165) is 12.3 Å². The van der Waals surface area contributed by atoms with Crippen LogP contribution in [0.5, 0.6) is 0 Å². The summed E-state index contributed by atoms with van der Waals surface area (Å²) >= 11 is 0. The first-order chi connectivity index (χ1) is 6.75. The van der Waals surface area contributed by atoms with Crippen LogP contribution in [0.4, 0.5) is 0 Å². The fraction of sp³-hybridized carbons (Fsp3) is 1.00. The van der Waals surface area contributed by atoms with Gasteiger partial charge in [-0.1, -0.05) is 19.8 Å². The van der Waals surface area contributed by atoms with Gasteiger partial charge < -0.3 is 10.4 Å². The summed E-state index contributed by atoms with van der Waals surface area (Å²) in [4.78, 5) is 0. The molecule has 0 aromatic rings. The van der Waals surface area contributed by atoms with E-state index in [0.29, 0.717) is 12.1 Å². The monoisotopic (exact) mass is 197 g/mol. The lowest BCUT2D eigenvalue weighted by Gasteiger charge is -2.31. The molecule has 0 aliphatic heterocycles. The van der Waals surface area contributed by atoms with Gasteiger partial charge >= 0.3 is 0 Å². The van der Waals surface area contributed by atoms with Crippen LogP contribution in [-0.2, 0) is 0 Å². The first-order valence-electron chi connectivity index (χ1n) is 6.20. The zero-order valence-electron chi connectivity index (χ0n) is 9.21. The SMILES string of the molecule is CC1CCC(N[C@H]2CCCC[C@@H]2O)C1. The predicted octanol–water partition coefficient (Wildman–Crippen LogP) is 2.07. The average molecular weight is 197 g/mol. The summed E-state index contributed by atoms with van der Waals surface area (Å²) in [5.41, 5.74) is 0. The quantitative estimate of drug-likeness (QED) is 0.710. The molecule has 0 aromatic heterocycles. The Kier molecular flexibility index (Phi) is 3.45. The summed E-state index contributed by atoms with van der Waals surface area (Å²) in [5, 5.41) is 13.5. The molecule has 2 N–H and O–H groups in total. The smallest absolute Gasteiger partial charge is 0.0693 e. The van der Waals surface area contributed by atoms with Gasteiger partial charge in [0, 0.05) is 12.1 Å². The summed E-state index contributed by atoms with van der Waals surface area (Å²) in [6.07, 6.45) is 8.57. The van der Waals surface area contributed by atoms with E-state index in [2.05, 4.69) is 12.2 Å². The van der Waals surface area contributed by atoms with Crippen LogP contribution in [0.15, 0.2) is 0 Å². The van der Waals surface area contributed by atoms with Gasteiger partial charge in [0.25, 0.3) is 0 Å². The Bertz CT molecular complexity index is 183. The maximum absolute atomic E-state index is 9.83. The van der Waals surface area contributed by atoms with Crippen LogP contribution in [0.3, 0.4) is 0 Å². The molecule has 4 atom stereocenters. The standard InChI is InChI=1S/C12H23NO/c1-9-6-7-10(8-9)13-11-4-2-3-5-12(11)14/h9-14H,2-8H2,1H3/t9?,10?,11-,12-/m0/s1. The highest BCUT2D eigenvalue weighted by molar-refractivity contribution is 4.86. The van der Waals surface area contributed by atoms with Crippen LogP contribution in [0, 0.1) is 5.92 Å². The van der Waals surface area contributed by atoms with Crippen molar-refractivity contribution in [2.24, 2.45) is 5.92 Å². The van der Waals surface area contributed by atoms with E-state index in [1.807, 2.05) is 0 Å². The van der Waals surface area contributed by atoms with E-state index in [1.54, 1.807) is 0 Å². The van der Waals surface area contributed by atoms with Crippen molar-refractivity contribution in [3.8, 4) is 0 Å². The molecular formula is C12H23NO. The molecule has 2 saturated carbocycles. The van der Waals surface area contributed by atoms with Crippen LogP contribution in [0.2, 0.25) is 0 Å². The number of nitrogens with one attached hydrogen (secondary N) is 1. The molecule has 0 heterocycles. The predicted molar refractivity (Wildman–Crippen MR) is 58.2 cm³/mol. The van der Waals surface area contributed by atoms with Gasteiger partial charge in [-0.15, -0.1) is 0 Å². The van der Waals surface area contributed by atoms with Crippen LogP contribution < -0.4 is 5.32 Å². The molecule has 2 unspecified atom stereocenters. The summed E-state index contributed by atoms with van der Waals surface area (Å²) in [6, 6.07) is 1.07. The third-order valence-electron chi connectivity index (χ3n) is 3.87. The van der Waals surface area contributed by atoms with Crippen LogP contribution in [0.25, 0.3) is 0 Å². The number of aliphatic hydroxyl groups is 1. The van der Waals surface area contributed by atoms with Gasteiger partial charge in [-0.25, -0.2) is 0 Å². The third-order valence-corrected chi connectivity index (χ3v) is 3.87. The van der Waals surface area contributed by atoms with Gasteiger partial charge in [0.1, 0.15) is 0 Å². The Balaban J connectivity index is 1.78. The second-order valence-corrected chi connectivity index (χ2v) is 5.24. The Labute approximate surface area is 87.1 Å². The lowest BCUT2D eigenvalue weighted by molar-refractivity contribution is 0.0850. The van der Waals surface area contributed by atoms with Crippen molar-refractivity contribution >= 4 is 0 Å². The maximum atomic E-state index is 9.83. The molecule has 14 heavy (non-hydrogen) atoms. The van der Waals surface area contributed by atoms with E-state index in [-0.39, 0.29) is 6.10 Å². The Morgan fingerprint density at radius 2 is 1.86 bits per heavy atom. The second kappa shape index (κ2) is 4.63. The second-order valence-electron chi connectivity index (χ2n) is 5.24. The first-order valence-corrected chi connectivity index (χ1v) is 6.20. The average Bonchev–Trinajstić information content (AvgIpc) is 2.56. The van der Waals surface area contributed by atoms with E-state index in [9.17, 15) is 5.11 Å². The fourth-order valence-corrected chi connectivity index (χ4v) is 2.97. The number of hydrogen-bond acceptors (Lipinski definition) is 2. The molecule has 0 spiro atoms. The molecular weight excluding hydrogens is 174 g/mol. The molecule has 2 fully saturated rings.